The van der Waals surface area contributed by atoms with Gasteiger partial charge in [-0.15, -0.1) is 0 Å². The topological polar surface area (TPSA) is 116 Å². The van der Waals surface area contributed by atoms with E-state index in [0.717, 1.165) is 0 Å². The average molecular weight is 228 g/mol. The highest BCUT2D eigenvalue weighted by molar-refractivity contribution is 5.84. The lowest BCUT2D eigenvalue weighted by molar-refractivity contribution is 0.0662. The van der Waals surface area contributed by atoms with Gasteiger partial charge in [-0.05, 0) is 6.07 Å². The summed E-state index contributed by atoms with van der Waals surface area (Å²) in [6, 6.07) is 6.19. The van der Waals surface area contributed by atoms with Crippen molar-refractivity contribution in [2.45, 2.75) is 0 Å². The van der Waals surface area contributed by atoms with E-state index in [2.05, 4.69) is 4.98 Å². The molecule has 82 valence electrons. The molecule has 0 unspecified atom stereocenters. The quantitative estimate of drug-likeness (QED) is 0.816. The number of carboxylic acids is 1. The lowest BCUT2D eigenvalue weighted by Crippen LogP contribution is -1.96. The van der Waals surface area contributed by atoms with Gasteiger partial charge in [0.1, 0.15) is 18.5 Å². The van der Waals surface area contributed by atoms with E-state index in [1.165, 1.54) is 23.0 Å². The van der Waals surface area contributed by atoms with E-state index in [1.54, 1.807) is 12.1 Å². The number of hydrogen-bond acceptors (Lipinski definition) is 5. The van der Waals surface area contributed by atoms with E-state index < -0.39 is 5.97 Å². The fraction of sp³-hybridized carbons (Fsp3) is 0. The zero-order chi connectivity index (χ0) is 12.4. The Hall–Kier alpha value is -3.06. The summed E-state index contributed by atoms with van der Waals surface area (Å²) in [6.45, 7) is 0. The Morgan fingerprint density at radius 2 is 2.18 bits per heavy atom. The Balaban J connectivity index is 2.54. The van der Waals surface area contributed by atoms with Gasteiger partial charge in [0, 0.05) is 6.07 Å². The zero-order valence-electron chi connectivity index (χ0n) is 8.28. The highest BCUT2D eigenvalue weighted by Gasteiger charge is 2.15. The maximum atomic E-state index is 10.6. The summed E-state index contributed by atoms with van der Waals surface area (Å²) in [5.41, 5.74) is -0.0421. The summed E-state index contributed by atoms with van der Waals surface area (Å²) >= 11 is 0. The van der Waals surface area contributed by atoms with E-state index in [0.29, 0.717) is 0 Å². The molecule has 2 rings (SSSR count). The predicted octanol–water partition coefficient (Wildman–Crippen LogP) is 0.907. The second-order valence-electron chi connectivity index (χ2n) is 2.98. The Labute approximate surface area is 94.8 Å². The monoisotopic (exact) mass is 228 g/mol. The van der Waals surface area contributed by atoms with Crippen molar-refractivity contribution in [2.75, 3.05) is 0 Å². The van der Waals surface area contributed by atoms with Gasteiger partial charge in [-0.2, -0.15) is 10.5 Å². The van der Waals surface area contributed by atoms with E-state index in [4.69, 9.17) is 20.0 Å². The fourth-order valence-electron chi connectivity index (χ4n) is 1.28. The van der Waals surface area contributed by atoms with Crippen LogP contribution in [0.3, 0.4) is 0 Å². The van der Waals surface area contributed by atoms with Gasteiger partial charge >= 0.3 is 5.97 Å². The zero-order valence-corrected chi connectivity index (χ0v) is 8.28. The number of imidazole rings is 1. The van der Waals surface area contributed by atoms with Crippen LogP contribution < -0.4 is 0 Å². The van der Waals surface area contributed by atoms with Crippen molar-refractivity contribution in [2.24, 2.45) is 0 Å². The van der Waals surface area contributed by atoms with Crippen LogP contribution in [0.4, 0.5) is 0 Å². The molecule has 0 atom stereocenters. The Kier molecular flexibility index (Phi) is 2.36. The molecule has 0 amide bonds. The molecule has 2 aromatic rings. The largest absolute Gasteiger partial charge is 0.475 e. The van der Waals surface area contributed by atoms with Gasteiger partial charge in [0.25, 0.3) is 0 Å². The first-order valence-electron chi connectivity index (χ1n) is 4.38. The average Bonchev–Trinajstić information content (AvgIpc) is 2.94. The summed E-state index contributed by atoms with van der Waals surface area (Å²) in [5.74, 6) is -1.35. The second-order valence-corrected chi connectivity index (χ2v) is 2.98. The van der Waals surface area contributed by atoms with Crippen LogP contribution in [0.25, 0.3) is 5.88 Å². The number of nitriles is 2. The van der Waals surface area contributed by atoms with E-state index in [1.807, 2.05) is 0 Å². The van der Waals surface area contributed by atoms with Crippen LogP contribution >= 0.6 is 0 Å². The van der Waals surface area contributed by atoms with Gasteiger partial charge in [0.15, 0.2) is 11.4 Å². The maximum absolute atomic E-state index is 10.6. The van der Waals surface area contributed by atoms with Crippen LogP contribution in [0.2, 0.25) is 0 Å². The minimum atomic E-state index is -1.21. The van der Waals surface area contributed by atoms with Crippen molar-refractivity contribution in [3.8, 4) is 18.0 Å². The summed E-state index contributed by atoms with van der Waals surface area (Å²) in [4.78, 5) is 14.3. The number of carbonyl (C=O) groups is 1. The first kappa shape index (κ1) is 10.5. The number of nitrogens with zero attached hydrogens (tertiary/aromatic N) is 4. The second kappa shape index (κ2) is 3.83. The van der Waals surface area contributed by atoms with Crippen LogP contribution in [0, 0.1) is 22.7 Å². The highest BCUT2D eigenvalue weighted by atomic mass is 16.4. The molecule has 0 aliphatic heterocycles. The molecule has 2 aromatic heterocycles. The molecule has 0 saturated heterocycles. The molecule has 0 saturated carbocycles. The van der Waals surface area contributed by atoms with E-state index >= 15 is 0 Å². The van der Waals surface area contributed by atoms with Crippen molar-refractivity contribution in [3.63, 3.8) is 0 Å². The SMILES string of the molecule is N#Cc1ncn(-c2ccc(C(=O)O)o2)c1C#N. The van der Waals surface area contributed by atoms with E-state index in [9.17, 15) is 4.79 Å². The Morgan fingerprint density at radius 3 is 2.71 bits per heavy atom. The molecule has 7 heteroatoms. The third kappa shape index (κ3) is 1.62. The Bertz CT molecular complexity index is 669. The Morgan fingerprint density at radius 1 is 1.41 bits per heavy atom. The summed E-state index contributed by atoms with van der Waals surface area (Å²) in [7, 11) is 0. The molecule has 0 bridgehead atoms. The van der Waals surface area contributed by atoms with Crippen LogP contribution in [0.1, 0.15) is 21.9 Å². The van der Waals surface area contributed by atoms with Gasteiger partial charge in [0.2, 0.25) is 11.6 Å². The molecular formula is C10H4N4O3. The molecule has 0 aliphatic rings. The summed E-state index contributed by atoms with van der Waals surface area (Å²) in [5, 5.41) is 26.3. The molecule has 17 heavy (non-hydrogen) atoms. The molecule has 0 fully saturated rings. The molecule has 0 radical (unpaired) electrons. The number of aromatic carboxylic acids is 1. The van der Waals surface area contributed by atoms with Crippen molar-refractivity contribution < 1.29 is 14.3 Å². The molecule has 2 heterocycles. The smallest absolute Gasteiger partial charge is 0.371 e. The third-order valence-corrected chi connectivity index (χ3v) is 2.02. The number of rotatable bonds is 2. The lowest BCUT2D eigenvalue weighted by atomic mass is 10.3. The lowest BCUT2D eigenvalue weighted by Gasteiger charge is -1.96. The number of carboxylic acid groups (broad SMARTS) is 1. The van der Waals surface area contributed by atoms with Gasteiger partial charge in [-0.3, -0.25) is 4.57 Å². The van der Waals surface area contributed by atoms with Crippen LogP contribution in [-0.2, 0) is 0 Å². The normalized spacial score (nSPS) is 9.53. The molecule has 1 N–H and O–H groups in total. The molecule has 0 aromatic carbocycles. The highest BCUT2D eigenvalue weighted by Crippen LogP contribution is 2.16. The minimum absolute atomic E-state index is 0.00112. The van der Waals surface area contributed by atoms with Gasteiger partial charge in [-0.25, -0.2) is 9.78 Å². The van der Waals surface area contributed by atoms with Gasteiger partial charge in [0.05, 0.1) is 0 Å². The first-order chi connectivity index (χ1) is 8.17. The van der Waals surface area contributed by atoms with Crippen LogP contribution in [-0.4, -0.2) is 20.6 Å². The number of aromatic nitrogens is 2. The standard InChI is InChI=1S/C10H4N4O3/c11-3-6-7(4-12)14(5-13-6)9-2-1-8(17-9)10(15)16/h1-2,5H,(H,15,16). The van der Waals surface area contributed by atoms with Gasteiger partial charge in [-0.1, -0.05) is 0 Å². The summed E-state index contributed by atoms with van der Waals surface area (Å²) in [6.07, 6.45) is 1.22. The molecule has 0 aliphatic carbocycles. The molecular weight excluding hydrogens is 224 g/mol. The van der Waals surface area contributed by atoms with Crippen molar-refractivity contribution in [1.82, 2.24) is 9.55 Å². The molecule has 0 spiro atoms. The van der Waals surface area contributed by atoms with Crippen molar-refractivity contribution >= 4 is 5.97 Å². The fourth-order valence-corrected chi connectivity index (χ4v) is 1.28. The maximum Gasteiger partial charge on any atom is 0.371 e. The molecule has 7 nitrogen and oxygen atoms in total. The van der Waals surface area contributed by atoms with Crippen LogP contribution in [0.15, 0.2) is 22.9 Å². The van der Waals surface area contributed by atoms with E-state index in [-0.39, 0.29) is 23.0 Å². The third-order valence-electron chi connectivity index (χ3n) is 2.02. The first-order valence-corrected chi connectivity index (χ1v) is 4.38. The van der Waals surface area contributed by atoms with Crippen molar-refractivity contribution in [3.05, 3.63) is 35.6 Å². The van der Waals surface area contributed by atoms with Crippen LogP contribution in [0.5, 0.6) is 0 Å². The summed E-state index contributed by atoms with van der Waals surface area (Å²) < 4.78 is 6.21. The van der Waals surface area contributed by atoms with Gasteiger partial charge < -0.3 is 9.52 Å². The number of furan rings is 1. The van der Waals surface area contributed by atoms with Crippen molar-refractivity contribution in [1.29, 1.82) is 10.5 Å². The number of hydrogen-bond donors (Lipinski definition) is 1. The minimum Gasteiger partial charge on any atom is -0.475 e. The predicted molar refractivity (Wildman–Crippen MR) is 52.2 cm³/mol.